The maximum absolute atomic E-state index is 13.2. The zero-order chi connectivity index (χ0) is 21.1. The molecule has 4 aromatic rings. The molecule has 1 aliphatic carbocycles. The minimum Gasteiger partial charge on any atom is -0.463 e. The Morgan fingerprint density at radius 1 is 1.06 bits per heavy atom. The fraction of sp³-hybridized carbons (Fsp3) is 0.136. The fourth-order valence-corrected chi connectivity index (χ4v) is 3.70. The summed E-state index contributed by atoms with van der Waals surface area (Å²) in [4.78, 5) is 48.1. The summed E-state index contributed by atoms with van der Waals surface area (Å²) >= 11 is 0. The molecule has 152 valence electrons. The molecule has 0 saturated heterocycles. The van der Waals surface area contributed by atoms with Gasteiger partial charge in [-0.15, -0.1) is 0 Å². The molecular weight excluding hydrogens is 402 g/mol. The number of rotatable bonds is 4. The molecule has 6 rings (SSSR count). The van der Waals surface area contributed by atoms with Gasteiger partial charge >= 0.3 is 5.97 Å². The molecule has 0 spiro atoms. The molecule has 9 heteroatoms. The van der Waals surface area contributed by atoms with Crippen molar-refractivity contribution in [3.05, 3.63) is 71.1 Å². The lowest BCUT2D eigenvalue weighted by atomic mass is 10.1. The Bertz CT molecular complexity index is 1350. The van der Waals surface area contributed by atoms with Crippen molar-refractivity contribution in [3.8, 4) is 11.5 Å². The van der Waals surface area contributed by atoms with Crippen molar-refractivity contribution >= 4 is 28.9 Å². The summed E-state index contributed by atoms with van der Waals surface area (Å²) < 4.78 is 10.8. The molecule has 9 nitrogen and oxygen atoms in total. The van der Waals surface area contributed by atoms with E-state index in [4.69, 9.17) is 13.8 Å². The van der Waals surface area contributed by atoms with E-state index in [0.717, 1.165) is 12.8 Å². The fourth-order valence-electron chi connectivity index (χ4n) is 3.70. The molecule has 2 amide bonds. The molecule has 2 aliphatic rings. The molecule has 4 heterocycles. The van der Waals surface area contributed by atoms with Gasteiger partial charge in [-0.3, -0.25) is 9.59 Å². The highest BCUT2D eigenvalue weighted by atomic mass is 16.7. The number of carbonyl (C=O) groups is 3. The minimum atomic E-state index is -0.889. The highest BCUT2D eigenvalue weighted by Gasteiger charge is 2.40. The van der Waals surface area contributed by atoms with Crippen molar-refractivity contribution in [1.29, 1.82) is 0 Å². The molecule has 1 aromatic carbocycles. The number of nitrogens with zero attached hydrogens (tertiary/aromatic N) is 3. The largest absolute Gasteiger partial charge is 0.463 e. The van der Waals surface area contributed by atoms with E-state index in [9.17, 15) is 14.4 Å². The summed E-state index contributed by atoms with van der Waals surface area (Å²) in [6, 6.07) is 11.2. The van der Waals surface area contributed by atoms with Crippen molar-refractivity contribution in [3.63, 3.8) is 0 Å². The third kappa shape index (κ3) is 2.67. The number of benzene rings is 1. The van der Waals surface area contributed by atoms with Crippen molar-refractivity contribution in [1.82, 2.24) is 15.2 Å². The summed E-state index contributed by atoms with van der Waals surface area (Å²) in [7, 11) is 0. The van der Waals surface area contributed by atoms with Crippen LogP contribution in [0.15, 0.2) is 57.7 Å². The van der Waals surface area contributed by atoms with Gasteiger partial charge in [0.25, 0.3) is 17.5 Å². The van der Waals surface area contributed by atoms with Gasteiger partial charge in [0.1, 0.15) is 5.69 Å². The number of hydroxylamine groups is 2. The summed E-state index contributed by atoms with van der Waals surface area (Å²) in [5.41, 5.74) is 1.56. The lowest BCUT2D eigenvalue weighted by molar-refractivity contribution is -0.0583. The molecule has 0 unspecified atom stereocenters. The van der Waals surface area contributed by atoms with E-state index in [2.05, 4.69) is 10.1 Å². The number of amides is 2. The number of fused-ring (bicyclic) bond motifs is 2. The van der Waals surface area contributed by atoms with Gasteiger partial charge in [0.15, 0.2) is 5.76 Å². The second-order valence-electron chi connectivity index (χ2n) is 7.38. The lowest BCUT2D eigenvalue weighted by Gasteiger charge is -2.13. The van der Waals surface area contributed by atoms with Crippen molar-refractivity contribution in [2.75, 3.05) is 0 Å². The maximum atomic E-state index is 13.2. The number of hydrogen-bond acceptors (Lipinski definition) is 8. The first kappa shape index (κ1) is 17.6. The van der Waals surface area contributed by atoms with Crippen molar-refractivity contribution < 1.29 is 28.2 Å². The van der Waals surface area contributed by atoms with Crippen molar-refractivity contribution in [2.45, 2.75) is 18.8 Å². The molecule has 0 N–H and O–H groups in total. The lowest BCUT2D eigenvalue weighted by Crippen LogP contribution is -2.32. The average molecular weight is 415 g/mol. The van der Waals surface area contributed by atoms with Gasteiger partial charge in [0.05, 0.1) is 34.0 Å². The zero-order valence-corrected chi connectivity index (χ0v) is 15.9. The first-order valence-corrected chi connectivity index (χ1v) is 9.66. The molecule has 1 saturated carbocycles. The minimum absolute atomic E-state index is 0.0936. The maximum Gasteiger partial charge on any atom is 0.364 e. The Labute approximate surface area is 174 Å². The van der Waals surface area contributed by atoms with E-state index in [-0.39, 0.29) is 28.3 Å². The standard InChI is InChI=1S/C22H13N3O6/c26-20-12-4-1-2-5-13(12)21(27)25(20)31-22(28)14-10-15(16-6-3-9-29-16)23-19-17(14)18(24-30-19)11-7-8-11/h1-6,9-11H,7-8H2. The van der Waals surface area contributed by atoms with Crippen LogP contribution in [0.2, 0.25) is 0 Å². The first-order chi connectivity index (χ1) is 15.1. The van der Waals surface area contributed by atoms with E-state index < -0.39 is 17.8 Å². The predicted molar refractivity (Wildman–Crippen MR) is 104 cm³/mol. The normalized spacial score (nSPS) is 15.5. The number of hydrogen-bond donors (Lipinski definition) is 0. The van der Waals surface area contributed by atoms with Gasteiger partial charge in [-0.2, -0.15) is 0 Å². The summed E-state index contributed by atoms with van der Waals surface area (Å²) in [5, 5.41) is 4.99. The average Bonchev–Trinajstić information content (AvgIpc) is 3.22. The molecule has 1 fully saturated rings. The Balaban J connectivity index is 1.43. The van der Waals surface area contributed by atoms with E-state index in [1.807, 2.05) is 0 Å². The number of pyridine rings is 1. The highest BCUT2D eigenvalue weighted by Crippen LogP contribution is 2.43. The van der Waals surface area contributed by atoms with Crippen LogP contribution in [0.1, 0.15) is 55.5 Å². The Hall–Kier alpha value is -4.27. The smallest absolute Gasteiger partial charge is 0.364 e. The monoisotopic (exact) mass is 415 g/mol. The third-order valence-corrected chi connectivity index (χ3v) is 5.36. The second kappa shape index (κ2) is 6.36. The van der Waals surface area contributed by atoms with E-state index >= 15 is 0 Å². The third-order valence-electron chi connectivity index (χ3n) is 5.36. The highest BCUT2D eigenvalue weighted by molar-refractivity contribution is 6.21. The number of furan rings is 1. The van der Waals surface area contributed by atoms with Crippen LogP contribution in [0, 0.1) is 0 Å². The van der Waals surface area contributed by atoms with E-state index in [1.165, 1.54) is 24.5 Å². The van der Waals surface area contributed by atoms with Crippen LogP contribution >= 0.6 is 0 Å². The first-order valence-electron chi connectivity index (χ1n) is 9.66. The molecule has 3 aromatic heterocycles. The van der Waals surface area contributed by atoms with Crippen LogP contribution in [0.4, 0.5) is 0 Å². The molecule has 0 radical (unpaired) electrons. The summed E-state index contributed by atoms with van der Waals surface area (Å²) in [6.07, 6.45) is 3.33. The molecular formula is C22H13N3O6. The topological polar surface area (TPSA) is 116 Å². The van der Waals surface area contributed by atoms with Crippen LogP contribution in [-0.4, -0.2) is 33.0 Å². The van der Waals surface area contributed by atoms with Crippen molar-refractivity contribution in [2.24, 2.45) is 0 Å². The quantitative estimate of drug-likeness (QED) is 0.463. The van der Waals surface area contributed by atoms with Crippen LogP contribution in [0.25, 0.3) is 22.6 Å². The predicted octanol–water partition coefficient (Wildman–Crippen LogP) is 3.73. The second-order valence-corrected chi connectivity index (χ2v) is 7.38. The SMILES string of the molecule is O=C(ON1C(=O)c2ccccc2C1=O)c1cc(-c2ccco2)nc2onc(C3CC3)c12. The molecule has 1 aliphatic heterocycles. The molecule has 0 bridgehead atoms. The zero-order valence-electron chi connectivity index (χ0n) is 15.9. The van der Waals surface area contributed by atoms with E-state index in [1.54, 1.807) is 24.3 Å². The molecule has 0 atom stereocenters. The Morgan fingerprint density at radius 2 is 1.81 bits per heavy atom. The Morgan fingerprint density at radius 3 is 2.45 bits per heavy atom. The number of imide groups is 1. The summed E-state index contributed by atoms with van der Waals surface area (Å²) in [6.45, 7) is 0. The van der Waals surface area contributed by atoms with Gasteiger partial charge in [-0.25, -0.2) is 9.78 Å². The molecule has 31 heavy (non-hydrogen) atoms. The van der Waals surface area contributed by atoms with Crippen LogP contribution < -0.4 is 0 Å². The van der Waals surface area contributed by atoms with Crippen LogP contribution in [0.5, 0.6) is 0 Å². The van der Waals surface area contributed by atoms with Gasteiger partial charge < -0.3 is 13.8 Å². The van der Waals surface area contributed by atoms with Gasteiger partial charge in [0.2, 0.25) is 0 Å². The number of carbonyl (C=O) groups excluding carboxylic acids is 3. The Kier molecular flexibility index (Phi) is 3.61. The number of aromatic nitrogens is 2. The van der Waals surface area contributed by atoms with Crippen LogP contribution in [0.3, 0.4) is 0 Å². The van der Waals surface area contributed by atoms with Gasteiger partial charge in [-0.05, 0) is 43.2 Å². The van der Waals surface area contributed by atoms with Crippen LogP contribution in [-0.2, 0) is 4.84 Å². The van der Waals surface area contributed by atoms with Gasteiger partial charge in [0, 0.05) is 5.92 Å². The summed E-state index contributed by atoms with van der Waals surface area (Å²) in [5.74, 6) is -1.69. The van der Waals surface area contributed by atoms with E-state index in [0.29, 0.717) is 27.6 Å². The van der Waals surface area contributed by atoms with Gasteiger partial charge in [-0.1, -0.05) is 22.4 Å².